The van der Waals surface area contributed by atoms with Gasteiger partial charge in [0.15, 0.2) is 17.5 Å². The molecule has 1 aliphatic heterocycles. The van der Waals surface area contributed by atoms with Gasteiger partial charge in [0, 0.05) is 48.2 Å². The van der Waals surface area contributed by atoms with E-state index in [1.165, 1.54) is 6.20 Å². The van der Waals surface area contributed by atoms with E-state index in [-0.39, 0.29) is 17.6 Å². The van der Waals surface area contributed by atoms with E-state index in [9.17, 15) is 8.78 Å². The number of nitrogens with one attached hydrogen (secondary N) is 3. The number of hydrogen-bond donors (Lipinski definition) is 3. The number of hydrogen-bond acceptors (Lipinski definition) is 6. The molecule has 8 nitrogen and oxygen atoms in total. The van der Waals surface area contributed by atoms with Crippen LogP contribution in [0, 0.1) is 11.6 Å². The predicted molar refractivity (Wildman–Crippen MR) is 107 cm³/mol. The van der Waals surface area contributed by atoms with Gasteiger partial charge in [-0.15, -0.1) is 0 Å². The Balaban J connectivity index is 1.63. The zero-order valence-electron chi connectivity index (χ0n) is 16.1. The zero-order chi connectivity index (χ0) is 20.7. The summed E-state index contributed by atoms with van der Waals surface area (Å²) in [6.45, 7) is 1.55. The molecule has 1 atom stereocenters. The maximum atomic E-state index is 14.7. The Kier molecular flexibility index (Phi) is 4.55. The Bertz CT molecular complexity index is 1200. The summed E-state index contributed by atoms with van der Waals surface area (Å²) >= 11 is 0. The molecule has 1 aliphatic rings. The van der Waals surface area contributed by atoms with Crippen molar-refractivity contribution in [2.24, 2.45) is 0 Å². The van der Waals surface area contributed by atoms with Crippen LogP contribution < -0.4 is 15.4 Å². The second-order valence-electron chi connectivity index (χ2n) is 7.10. The molecule has 0 saturated carbocycles. The van der Waals surface area contributed by atoms with E-state index in [4.69, 9.17) is 4.74 Å². The monoisotopic (exact) mass is 411 g/mol. The van der Waals surface area contributed by atoms with Gasteiger partial charge in [-0.3, -0.25) is 9.50 Å². The topological polar surface area (TPSA) is 92.2 Å². The van der Waals surface area contributed by atoms with Crippen molar-refractivity contribution >= 4 is 11.5 Å². The summed E-state index contributed by atoms with van der Waals surface area (Å²) in [5.74, 6) is -0.855. The van der Waals surface area contributed by atoms with Gasteiger partial charge < -0.3 is 15.4 Å². The standard InChI is InChI=1S/C20H19F2N7O/c1-30-17-5-18-24-9-16(29(18)10-13(17)11-6-25-26-7-11)19-14(21)4-15(22)20(28-19)27-12-2-3-23-8-12/h4-7,9-10,12,23H,2-3,8H2,1H3,(H,25,26)(H,27,28). The highest BCUT2D eigenvalue weighted by molar-refractivity contribution is 5.73. The Hall–Kier alpha value is -3.53. The molecule has 4 aromatic rings. The van der Waals surface area contributed by atoms with Gasteiger partial charge in [0.25, 0.3) is 0 Å². The smallest absolute Gasteiger partial charge is 0.168 e. The van der Waals surface area contributed by atoms with E-state index in [2.05, 4.69) is 30.8 Å². The van der Waals surface area contributed by atoms with Crippen LogP contribution in [0.25, 0.3) is 28.2 Å². The number of methoxy groups -OCH3 is 1. The number of H-pyrrole nitrogens is 1. The number of imidazole rings is 1. The number of rotatable bonds is 5. The molecule has 0 spiro atoms. The van der Waals surface area contributed by atoms with Crippen LogP contribution in [0.15, 0.2) is 36.9 Å². The van der Waals surface area contributed by atoms with Gasteiger partial charge in [0.2, 0.25) is 0 Å². The molecule has 0 amide bonds. The second kappa shape index (κ2) is 7.38. The lowest BCUT2D eigenvalue weighted by atomic mass is 10.1. The number of aromatic nitrogens is 5. The Morgan fingerprint density at radius 1 is 1.23 bits per heavy atom. The Labute approximate surface area is 170 Å². The third-order valence-corrected chi connectivity index (χ3v) is 5.21. The number of nitrogens with zero attached hydrogens (tertiary/aromatic N) is 4. The number of halogens is 2. The van der Waals surface area contributed by atoms with Crippen molar-refractivity contribution in [2.75, 3.05) is 25.5 Å². The lowest BCUT2D eigenvalue weighted by molar-refractivity contribution is 0.416. The third-order valence-electron chi connectivity index (χ3n) is 5.21. The summed E-state index contributed by atoms with van der Waals surface area (Å²) in [7, 11) is 1.57. The highest BCUT2D eigenvalue weighted by Gasteiger charge is 2.21. The largest absolute Gasteiger partial charge is 0.496 e. The first kappa shape index (κ1) is 18.5. The van der Waals surface area contributed by atoms with Crippen molar-refractivity contribution in [1.29, 1.82) is 0 Å². The first-order valence-electron chi connectivity index (χ1n) is 9.52. The summed E-state index contributed by atoms with van der Waals surface area (Å²) in [5, 5.41) is 13.0. The molecule has 0 radical (unpaired) electrons. The van der Waals surface area contributed by atoms with Gasteiger partial charge in [-0.2, -0.15) is 5.10 Å². The maximum Gasteiger partial charge on any atom is 0.168 e. The molecule has 154 valence electrons. The van der Waals surface area contributed by atoms with Crippen LogP contribution in [0.3, 0.4) is 0 Å². The molecule has 3 N–H and O–H groups in total. The second-order valence-corrected chi connectivity index (χ2v) is 7.10. The van der Waals surface area contributed by atoms with Crippen molar-refractivity contribution < 1.29 is 13.5 Å². The maximum absolute atomic E-state index is 14.7. The molecular weight excluding hydrogens is 392 g/mol. The van der Waals surface area contributed by atoms with Gasteiger partial charge in [-0.05, 0) is 13.0 Å². The summed E-state index contributed by atoms with van der Waals surface area (Å²) in [6, 6.07) is 2.65. The average Bonchev–Trinajstić information content (AvgIpc) is 3.51. The highest BCUT2D eigenvalue weighted by Crippen LogP contribution is 2.33. The molecule has 1 fully saturated rings. The normalized spacial score (nSPS) is 16.3. The van der Waals surface area contributed by atoms with E-state index >= 15 is 0 Å². The summed E-state index contributed by atoms with van der Waals surface area (Å²) < 4.78 is 36.3. The molecular formula is C20H19F2N7O. The van der Waals surface area contributed by atoms with Crippen molar-refractivity contribution in [3.05, 3.63) is 48.6 Å². The number of anilines is 1. The van der Waals surface area contributed by atoms with Crippen LogP contribution in [0.4, 0.5) is 14.6 Å². The molecule has 1 unspecified atom stereocenters. The van der Waals surface area contributed by atoms with E-state index < -0.39 is 11.6 Å². The molecule has 4 aromatic heterocycles. The minimum absolute atomic E-state index is 0.0145. The first-order valence-corrected chi connectivity index (χ1v) is 9.52. The van der Waals surface area contributed by atoms with Crippen molar-refractivity contribution in [3.63, 3.8) is 0 Å². The predicted octanol–water partition coefficient (Wildman–Crippen LogP) is 2.85. The molecule has 5 rings (SSSR count). The van der Waals surface area contributed by atoms with Crippen LogP contribution in [0.2, 0.25) is 0 Å². The van der Waals surface area contributed by atoms with Crippen LogP contribution >= 0.6 is 0 Å². The molecule has 1 saturated heterocycles. The molecule has 0 bridgehead atoms. The third kappa shape index (κ3) is 3.14. The Morgan fingerprint density at radius 3 is 2.87 bits per heavy atom. The highest BCUT2D eigenvalue weighted by atomic mass is 19.1. The quantitative estimate of drug-likeness (QED) is 0.468. The van der Waals surface area contributed by atoms with E-state index in [1.54, 1.807) is 36.2 Å². The van der Waals surface area contributed by atoms with Crippen molar-refractivity contribution in [1.82, 2.24) is 29.9 Å². The number of fused-ring (bicyclic) bond motifs is 1. The fourth-order valence-corrected chi connectivity index (χ4v) is 3.68. The van der Waals surface area contributed by atoms with Gasteiger partial charge >= 0.3 is 0 Å². The van der Waals surface area contributed by atoms with Crippen LogP contribution in [-0.2, 0) is 0 Å². The van der Waals surface area contributed by atoms with Crippen LogP contribution in [0.5, 0.6) is 5.75 Å². The molecule has 10 heteroatoms. The SMILES string of the molecule is COc1cc2ncc(-c3nc(NC4CCNC4)c(F)cc3F)n2cc1-c1cn[nH]c1. The molecule has 5 heterocycles. The first-order chi connectivity index (χ1) is 14.6. The van der Waals surface area contributed by atoms with E-state index in [0.717, 1.165) is 30.2 Å². The van der Waals surface area contributed by atoms with Gasteiger partial charge in [-0.1, -0.05) is 0 Å². The zero-order valence-corrected chi connectivity index (χ0v) is 16.1. The van der Waals surface area contributed by atoms with E-state index in [0.29, 0.717) is 23.6 Å². The summed E-state index contributed by atoms with van der Waals surface area (Å²) in [4.78, 5) is 8.61. The van der Waals surface area contributed by atoms with Gasteiger partial charge in [0.1, 0.15) is 17.1 Å². The van der Waals surface area contributed by atoms with Gasteiger partial charge in [-0.25, -0.2) is 18.7 Å². The summed E-state index contributed by atoms with van der Waals surface area (Å²) in [5.41, 5.74) is 2.52. The van der Waals surface area contributed by atoms with Crippen molar-refractivity contribution in [2.45, 2.75) is 12.5 Å². The number of ether oxygens (including phenoxy) is 1. The molecule has 0 aromatic carbocycles. The van der Waals surface area contributed by atoms with Crippen molar-refractivity contribution in [3.8, 4) is 28.3 Å². The molecule has 0 aliphatic carbocycles. The average molecular weight is 411 g/mol. The minimum atomic E-state index is -0.759. The molecule has 30 heavy (non-hydrogen) atoms. The minimum Gasteiger partial charge on any atom is -0.496 e. The van der Waals surface area contributed by atoms with Gasteiger partial charge in [0.05, 0.1) is 25.2 Å². The number of aromatic amines is 1. The fraction of sp³-hybridized carbons (Fsp3) is 0.250. The van der Waals surface area contributed by atoms with E-state index in [1.807, 2.05) is 0 Å². The lowest BCUT2D eigenvalue weighted by Gasteiger charge is -2.14. The van der Waals surface area contributed by atoms with Crippen LogP contribution in [-0.4, -0.2) is 50.8 Å². The Morgan fingerprint density at radius 2 is 2.13 bits per heavy atom. The van der Waals surface area contributed by atoms with Crippen LogP contribution in [0.1, 0.15) is 6.42 Å². The fourth-order valence-electron chi connectivity index (χ4n) is 3.68. The summed E-state index contributed by atoms with van der Waals surface area (Å²) in [6.07, 6.45) is 7.53. The lowest BCUT2D eigenvalue weighted by Crippen LogP contribution is -2.23. The number of pyridine rings is 2.